The van der Waals surface area contributed by atoms with Gasteiger partial charge in [0, 0.05) is 21.7 Å². The third kappa shape index (κ3) is 3.39. The molecule has 0 aliphatic heterocycles. The van der Waals surface area contributed by atoms with Gasteiger partial charge in [-0.2, -0.15) is 0 Å². The van der Waals surface area contributed by atoms with Crippen LogP contribution in [0.2, 0.25) is 0 Å². The molecule has 0 amide bonds. The van der Waals surface area contributed by atoms with Crippen LogP contribution in [0, 0.1) is 0 Å². The first kappa shape index (κ1) is 17.7. The van der Waals surface area contributed by atoms with Crippen LogP contribution in [0.3, 0.4) is 0 Å². The van der Waals surface area contributed by atoms with Crippen molar-refractivity contribution in [2.45, 2.75) is 0 Å². The van der Waals surface area contributed by atoms with E-state index in [0.29, 0.717) is 0 Å². The minimum absolute atomic E-state index is 0. The quantitative estimate of drug-likeness (QED) is 0.380. The topological polar surface area (TPSA) is 0 Å². The Morgan fingerprint density at radius 2 is 1.28 bits per heavy atom. The van der Waals surface area contributed by atoms with Crippen LogP contribution in [-0.2, 0) is 21.7 Å². The summed E-state index contributed by atoms with van der Waals surface area (Å²) in [5.41, 5.74) is 2.62. The van der Waals surface area contributed by atoms with Crippen LogP contribution >= 0.6 is 34.0 Å². The first-order chi connectivity index (χ1) is 7.45. The molecule has 0 unspecified atom stereocenters. The normalized spacial score (nSPS) is 8.89. The van der Waals surface area contributed by atoms with Crippen molar-refractivity contribution >= 4 is 44.7 Å². The van der Waals surface area contributed by atoms with E-state index in [0.717, 1.165) is 0 Å². The Morgan fingerprint density at radius 3 is 2.00 bits per heavy atom. The van der Waals surface area contributed by atoms with Crippen LogP contribution in [-0.4, -0.2) is 0 Å². The standard InChI is InChI=1S/C15H11.2BrH.Ti/c1-2-6-12(7-3-1)15-11-10-13-8-4-5-9-14(13)15;;;/h1-11H;2*1H;/q-1;;;. The Labute approximate surface area is 143 Å². The van der Waals surface area contributed by atoms with E-state index >= 15 is 0 Å². The minimum atomic E-state index is 0. The summed E-state index contributed by atoms with van der Waals surface area (Å²) in [6.07, 6.45) is 0. The van der Waals surface area contributed by atoms with Gasteiger partial charge in [-0.15, -0.1) is 69.9 Å². The van der Waals surface area contributed by atoms with Gasteiger partial charge in [-0.1, -0.05) is 52.7 Å². The Hall–Kier alpha value is -0.276. The second-order valence-electron chi connectivity index (χ2n) is 3.70. The van der Waals surface area contributed by atoms with Gasteiger partial charge in [-0.25, -0.2) is 0 Å². The first-order valence-corrected chi connectivity index (χ1v) is 5.15. The molecule has 3 aromatic carbocycles. The second-order valence-corrected chi connectivity index (χ2v) is 3.70. The van der Waals surface area contributed by atoms with E-state index in [9.17, 15) is 0 Å². The number of hydrogen-bond donors (Lipinski definition) is 0. The van der Waals surface area contributed by atoms with E-state index in [-0.39, 0.29) is 55.7 Å². The Balaban J connectivity index is 0.000000963. The minimum Gasteiger partial charge on any atom is -0.129 e. The van der Waals surface area contributed by atoms with E-state index in [4.69, 9.17) is 0 Å². The zero-order chi connectivity index (χ0) is 10.1. The van der Waals surface area contributed by atoms with Crippen molar-refractivity contribution in [2.24, 2.45) is 0 Å². The molecule has 0 nitrogen and oxygen atoms in total. The number of halogens is 2. The molecular weight excluding hydrogens is 388 g/mol. The number of benzene rings is 2. The maximum absolute atomic E-state index is 2.19. The van der Waals surface area contributed by atoms with Gasteiger partial charge >= 0.3 is 0 Å². The molecule has 0 spiro atoms. The molecule has 0 fully saturated rings. The maximum Gasteiger partial charge on any atom is 0 e. The smallest absolute Gasteiger partial charge is 0 e. The van der Waals surface area contributed by atoms with Crippen LogP contribution < -0.4 is 0 Å². The van der Waals surface area contributed by atoms with Gasteiger partial charge in [0.1, 0.15) is 0 Å². The second kappa shape index (κ2) is 8.01. The summed E-state index contributed by atoms with van der Waals surface area (Å²) in [5.74, 6) is 0. The van der Waals surface area contributed by atoms with Gasteiger partial charge in [-0.3, -0.25) is 0 Å². The number of rotatable bonds is 1. The zero-order valence-electron chi connectivity index (χ0n) is 9.67. The number of fused-ring (bicyclic) bond motifs is 1. The van der Waals surface area contributed by atoms with Crippen molar-refractivity contribution in [1.82, 2.24) is 0 Å². The van der Waals surface area contributed by atoms with Crippen molar-refractivity contribution in [1.29, 1.82) is 0 Å². The summed E-state index contributed by atoms with van der Waals surface area (Å²) in [4.78, 5) is 0. The summed E-state index contributed by atoms with van der Waals surface area (Å²) in [5, 5.41) is 2.65. The molecule has 0 N–H and O–H groups in total. The van der Waals surface area contributed by atoms with Crippen LogP contribution in [0.1, 0.15) is 0 Å². The molecule has 0 bridgehead atoms. The van der Waals surface area contributed by atoms with Crippen LogP contribution in [0.4, 0.5) is 0 Å². The molecule has 0 saturated heterocycles. The summed E-state index contributed by atoms with van der Waals surface area (Å²) in [7, 11) is 0. The molecule has 3 rings (SSSR count). The first-order valence-electron chi connectivity index (χ1n) is 5.15. The van der Waals surface area contributed by atoms with Crippen molar-refractivity contribution in [2.75, 3.05) is 0 Å². The fourth-order valence-corrected chi connectivity index (χ4v) is 2.02. The Bertz CT molecular complexity index is 588. The third-order valence-electron chi connectivity index (χ3n) is 2.77. The average molecular weight is 401 g/mol. The van der Waals surface area contributed by atoms with E-state index in [1.165, 1.54) is 21.9 Å². The summed E-state index contributed by atoms with van der Waals surface area (Å²) < 4.78 is 0. The molecule has 3 heteroatoms. The van der Waals surface area contributed by atoms with E-state index < -0.39 is 0 Å². The maximum atomic E-state index is 2.19. The monoisotopic (exact) mass is 399 g/mol. The largest absolute Gasteiger partial charge is 0.129 e. The van der Waals surface area contributed by atoms with Gasteiger partial charge in [0.15, 0.2) is 0 Å². The molecule has 0 aromatic heterocycles. The summed E-state index contributed by atoms with van der Waals surface area (Å²) >= 11 is 0. The van der Waals surface area contributed by atoms with E-state index in [2.05, 4.69) is 66.7 Å². The SMILES string of the molecule is Br.Br.[Ti].c1ccc(-[c-]2ccc3ccccc32)cc1. The molecule has 0 atom stereocenters. The van der Waals surface area contributed by atoms with Gasteiger partial charge in [-0.05, 0) is 0 Å². The van der Waals surface area contributed by atoms with Gasteiger partial charge in [0.05, 0.1) is 0 Å². The molecule has 0 aliphatic rings. The Kier molecular flexibility index (Phi) is 7.89. The molecular formula is C15H13Br2Ti-. The third-order valence-corrected chi connectivity index (χ3v) is 2.77. The van der Waals surface area contributed by atoms with Gasteiger partial charge in [0.2, 0.25) is 0 Å². The zero-order valence-corrected chi connectivity index (χ0v) is 14.7. The Morgan fingerprint density at radius 1 is 0.667 bits per heavy atom. The van der Waals surface area contributed by atoms with Crippen molar-refractivity contribution in [3.05, 3.63) is 66.7 Å². The van der Waals surface area contributed by atoms with Crippen LogP contribution in [0.5, 0.6) is 0 Å². The predicted molar refractivity (Wildman–Crippen MR) is 85.6 cm³/mol. The van der Waals surface area contributed by atoms with Crippen molar-refractivity contribution in [3.63, 3.8) is 0 Å². The summed E-state index contributed by atoms with van der Waals surface area (Å²) in [6.45, 7) is 0. The molecule has 0 saturated carbocycles. The predicted octanol–water partition coefficient (Wildman–Crippen LogP) is 5.38. The van der Waals surface area contributed by atoms with Crippen LogP contribution in [0.15, 0.2) is 66.7 Å². The average Bonchev–Trinajstić information content (AvgIpc) is 2.74. The van der Waals surface area contributed by atoms with Gasteiger partial charge in [0.25, 0.3) is 0 Å². The number of hydrogen-bond acceptors (Lipinski definition) is 0. The fraction of sp³-hybridized carbons (Fsp3) is 0. The molecule has 0 heterocycles. The molecule has 18 heavy (non-hydrogen) atoms. The van der Waals surface area contributed by atoms with E-state index in [1.54, 1.807) is 0 Å². The molecule has 92 valence electrons. The molecule has 0 aliphatic carbocycles. The van der Waals surface area contributed by atoms with Gasteiger partial charge < -0.3 is 0 Å². The fourth-order valence-electron chi connectivity index (χ4n) is 2.02. The van der Waals surface area contributed by atoms with Crippen molar-refractivity contribution < 1.29 is 21.7 Å². The van der Waals surface area contributed by atoms with Crippen molar-refractivity contribution in [3.8, 4) is 11.1 Å². The molecule has 3 aromatic rings. The van der Waals surface area contributed by atoms with E-state index in [1.807, 2.05) is 0 Å². The van der Waals surface area contributed by atoms with Crippen LogP contribution in [0.25, 0.3) is 21.9 Å². The summed E-state index contributed by atoms with van der Waals surface area (Å²) in [6, 6.07) is 23.4. The molecule has 0 radical (unpaired) electrons.